The molecule has 0 heterocycles. The van der Waals surface area contributed by atoms with Gasteiger partial charge in [0.1, 0.15) is 5.75 Å². The molecule has 0 atom stereocenters. The minimum atomic E-state index is -0.353. The first kappa shape index (κ1) is 25.0. The molecule has 182 valence electrons. The van der Waals surface area contributed by atoms with Crippen molar-refractivity contribution < 1.29 is 14.6 Å². The highest BCUT2D eigenvalue weighted by molar-refractivity contribution is 5.91. The Labute approximate surface area is 212 Å². The van der Waals surface area contributed by atoms with Crippen LogP contribution in [-0.4, -0.2) is 30.8 Å². The minimum absolute atomic E-state index is 0.0777. The summed E-state index contributed by atoms with van der Waals surface area (Å²) >= 11 is 0. The maximum absolute atomic E-state index is 11.7. The lowest BCUT2D eigenvalue weighted by Gasteiger charge is -2.36. The van der Waals surface area contributed by atoms with Gasteiger partial charge in [0.15, 0.2) is 0 Å². The molecule has 4 heteroatoms. The fraction of sp³-hybridized carbons (Fsp3) is 0.156. The molecule has 1 amide bonds. The van der Waals surface area contributed by atoms with Crippen molar-refractivity contribution in [1.29, 1.82) is 0 Å². The van der Waals surface area contributed by atoms with Gasteiger partial charge in [-0.15, -0.1) is 0 Å². The van der Waals surface area contributed by atoms with E-state index in [0.717, 1.165) is 17.7 Å². The highest BCUT2D eigenvalue weighted by atomic mass is 16.5. The molecular weight excluding hydrogens is 446 g/mol. The first-order chi connectivity index (χ1) is 17.7. The fourth-order valence-corrected chi connectivity index (χ4v) is 4.51. The first-order valence-electron chi connectivity index (χ1n) is 12.2. The molecule has 0 spiro atoms. The second-order valence-corrected chi connectivity index (χ2v) is 8.52. The molecule has 4 aromatic rings. The van der Waals surface area contributed by atoms with E-state index in [9.17, 15) is 4.79 Å². The smallest absolute Gasteiger partial charge is 0.244 e. The summed E-state index contributed by atoms with van der Waals surface area (Å²) in [5, 5.41) is 11.4. The zero-order valence-electron chi connectivity index (χ0n) is 20.2. The van der Waals surface area contributed by atoms with E-state index in [0.29, 0.717) is 6.61 Å². The summed E-state index contributed by atoms with van der Waals surface area (Å²) in [6, 6.07) is 39.5. The number of carbonyl (C=O) groups excluding carboxylic acids is 1. The highest BCUT2D eigenvalue weighted by Crippen LogP contribution is 2.42. The van der Waals surface area contributed by atoms with Crippen molar-refractivity contribution in [3.8, 4) is 5.75 Å². The van der Waals surface area contributed by atoms with Crippen molar-refractivity contribution in [2.45, 2.75) is 11.8 Å². The Bertz CT molecular complexity index is 1140. The van der Waals surface area contributed by atoms with Crippen LogP contribution in [0.15, 0.2) is 121 Å². The number of hydrogen-bond acceptors (Lipinski definition) is 3. The summed E-state index contributed by atoms with van der Waals surface area (Å²) in [6.45, 7) is 0.690. The second kappa shape index (κ2) is 12.5. The molecular formula is C32H31NO3. The molecule has 0 aromatic heterocycles. The van der Waals surface area contributed by atoms with Crippen LogP contribution < -0.4 is 10.1 Å². The van der Waals surface area contributed by atoms with Crippen molar-refractivity contribution in [2.75, 3.05) is 19.8 Å². The van der Waals surface area contributed by atoms with Gasteiger partial charge in [-0.1, -0.05) is 103 Å². The monoisotopic (exact) mass is 477 g/mol. The summed E-state index contributed by atoms with van der Waals surface area (Å²) in [7, 11) is 0. The molecule has 0 fully saturated rings. The Morgan fingerprint density at radius 2 is 1.25 bits per heavy atom. The first-order valence-corrected chi connectivity index (χ1v) is 12.2. The van der Waals surface area contributed by atoms with Crippen LogP contribution in [0, 0.1) is 0 Å². The molecule has 0 unspecified atom stereocenters. The van der Waals surface area contributed by atoms with E-state index in [1.807, 2.05) is 42.5 Å². The largest absolute Gasteiger partial charge is 0.494 e. The molecule has 0 saturated carbocycles. The quantitative estimate of drug-likeness (QED) is 0.218. The van der Waals surface area contributed by atoms with Crippen molar-refractivity contribution in [3.05, 3.63) is 144 Å². The number of amides is 1. The normalized spacial score (nSPS) is 11.4. The van der Waals surface area contributed by atoms with E-state index < -0.39 is 0 Å². The van der Waals surface area contributed by atoms with Crippen molar-refractivity contribution in [3.63, 3.8) is 0 Å². The predicted octanol–water partition coefficient (Wildman–Crippen LogP) is 5.61. The maximum Gasteiger partial charge on any atom is 0.244 e. The average Bonchev–Trinajstić information content (AvgIpc) is 2.95. The van der Waals surface area contributed by atoms with Gasteiger partial charge in [-0.05, 0) is 46.9 Å². The summed E-state index contributed by atoms with van der Waals surface area (Å²) in [6.07, 6.45) is 3.96. The zero-order valence-corrected chi connectivity index (χ0v) is 20.2. The van der Waals surface area contributed by atoms with Gasteiger partial charge in [-0.2, -0.15) is 0 Å². The molecule has 2 N–H and O–H groups in total. The number of ether oxygens (including phenoxy) is 1. The van der Waals surface area contributed by atoms with E-state index in [1.165, 1.54) is 22.8 Å². The summed E-state index contributed by atoms with van der Waals surface area (Å²) in [4.78, 5) is 11.7. The van der Waals surface area contributed by atoms with Crippen LogP contribution in [0.2, 0.25) is 0 Å². The van der Waals surface area contributed by atoms with Crippen molar-refractivity contribution >= 4 is 12.0 Å². The molecule has 0 aliphatic heterocycles. The highest BCUT2D eigenvalue weighted by Gasteiger charge is 2.36. The topological polar surface area (TPSA) is 58.6 Å². The average molecular weight is 478 g/mol. The number of aliphatic hydroxyl groups excluding tert-OH is 1. The van der Waals surface area contributed by atoms with Crippen molar-refractivity contribution in [2.24, 2.45) is 0 Å². The Hall–Kier alpha value is -4.15. The maximum atomic E-state index is 11.7. The molecule has 4 aromatic carbocycles. The lowest BCUT2D eigenvalue weighted by molar-refractivity contribution is -0.116. The van der Waals surface area contributed by atoms with Gasteiger partial charge in [0.2, 0.25) is 5.91 Å². The zero-order chi connectivity index (χ0) is 25.1. The number of aliphatic hydroxyl groups is 1. The summed E-state index contributed by atoms with van der Waals surface area (Å²) in [5.41, 5.74) is 4.23. The van der Waals surface area contributed by atoms with Crippen LogP contribution in [0.5, 0.6) is 5.75 Å². The number of nitrogens with one attached hydrogen (secondary N) is 1. The lowest BCUT2D eigenvalue weighted by atomic mass is 9.67. The van der Waals surface area contributed by atoms with Crippen LogP contribution in [-0.2, 0) is 10.2 Å². The molecule has 36 heavy (non-hydrogen) atoms. The molecule has 4 nitrogen and oxygen atoms in total. The summed E-state index contributed by atoms with van der Waals surface area (Å²) in [5.74, 6) is 0.545. The summed E-state index contributed by atoms with van der Waals surface area (Å²) < 4.78 is 6.23. The van der Waals surface area contributed by atoms with Gasteiger partial charge in [-0.25, -0.2) is 0 Å². The Kier molecular flexibility index (Phi) is 8.68. The van der Waals surface area contributed by atoms with Crippen LogP contribution in [0.4, 0.5) is 0 Å². The SMILES string of the molecule is O=C(C=Cc1ccc(OCCC(c2ccccc2)(c2ccccc2)c2ccccc2)cc1)NCCO. The van der Waals surface area contributed by atoms with Crippen LogP contribution >= 0.6 is 0 Å². The van der Waals surface area contributed by atoms with Crippen LogP contribution in [0.25, 0.3) is 6.08 Å². The van der Waals surface area contributed by atoms with Gasteiger partial charge in [-0.3, -0.25) is 4.79 Å². The molecule has 0 aliphatic carbocycles. The minimum Gasteiger partial charge on any atom is -0.494 e. The molecule has 0 bridgehead atoms. The van der Waals surface area contributed by atoms with Crippen molar-refractivity contribution in [1.82, 2.24) is 5.32 Å². The Morgan fingerprint density at radius 1 is 0.750 bits per heavy atom. The Balaban J connectivity index is 1.54. The third-order valence-corrected chi connectivity index (χ3v) is 6.26. The van der Waals surface area contributed by atoms with Gasteiger partial charge in [0, 0.05) is 18.0 Å². The third kappa shape index (κ3) is 6.09. The molecule has 0 radical (unpaired) electrons. The third-order valence-electron chi connectivity index (χ3n) is 6.26. The number of hydrogen-bond donors (Lipinski definition) is 2. The molecule has 4 rings (SSSR count). The predicted molar refractivity (Wildman–Crippen MR) is 145 cm³/mol. The van der Waals surface area contributed by atoms with E-state index in [-0.39, 0.29) is 24.5 Å². The second-order valence-electron chi connectivity index (χ2n) is 8.52. The van der Waals surface area contributed by atoms with E-state index >= 15 is 0 Å². The van der Waals surface area contributed by atoms with Gasteiger partial charge >= 0.3 is 0 Å². The van der Waals surface area contributed by atoms with Crippen LogP contribution in [0.1, 0.15) is 28.7 Å². The Morgan fingerprint density at radius 3 is 1.72 bits per heavy atom. The van der Waals surface area contributed by atoms with Gasteiger partial charge < -0.3 is 15.2 Å². The molecule has 0 aliphatic rings. The van der Waals surface area contributed by atoms with Crippen LogP contribution in [0.3, 0.4) is 0 Å². The number of benzene rings is 4. The van der Waals surface area contributed by atoms with E-state index in [2.05, 4.69) is 78.1 Å². The van der Waals surface area contributed by atoms with Gasteiger partial charge in [0.25, 0.3) is 0 Å². The van der Waals surface area contributed by atoms with E-state index in [1.54, 1.807) is 6.08 Å². The molecule has 0 saturated heterocycles. The van der Waals surface area contributed by atoms with E-state index in [4.69, 9.17) is 9.84 Å². The standard InChI is InChI=1S/C32H31NO3/c34-24-23-33-31(35)21-18-26-16-19-30(20-17-26)36-25-22-32(27-10-4-1-5-11-27,28-12-6-2-7-13-28)29-14-8-3-9-15-29/h1-21,34H,22-25H2,(H,33,35). The fourth-order valence-electron chi connectivity index (χ4n) is 4.51. The van der Waals surface area contributed by atoms with Gasteiger partial charge in [0.05, 0.1) is 13.2 Å². The number of carbonyl (C=O) groups is 1. The lowest BCUT2D eigenvalue weighted by Crippen LogP contribution is -2.31. The number of rotatable bonds is 11.